The van der Waals surface area contributed by atoms with E-state index in [-0.39, 0.29) is 12.5 Å². The summed E-state index contributed by atoms with van der Waals surface area (Å²) in [5, 5.41) is 10.8. The maximum absolute atomic E-state index is 11.4. The van der Waals surface area contributed by atoms with E-state index in [0.717, 1.165) is 5.56 Å². The van der Waals surface area contributed by atoms with Gasteiger partial charge in [-0.3, -0.25) is 4.79 Å². The van der Waals surface area contributed by atoms with E-state index in [9.17, 15) is 4.79 Å². The topological polar surface area (TPSA) is 52.9 Å². The Morgan fingerprint density at radius 3 is 2.73 bits per heavy atom. The SMILES string of the molecule is CC(=Cc1ccccc1)C(=O)NCC#N. The number of hydrogen-bond acceptors (Lipinski definition) is 2. The zero-order chi connectivity index (χ0) is 11.1. The van der Waals surface area contributed by atoms with Gasteiger partial charge in [-0.25, -0.2) is 0 Å². The largest absolute Gasteiger partial charge is 0.339 e. The summed E-state index contributed by atoms with van der Waals surface area (Å²) in [6, 6.07) is 11.4. The van der Waals surface area contributed by atoms with E-state index in [2.05, 4.69) is 5.32 Å². The van der Waals surface area contributed by atoms with Gasteiger partial charge in [0.15, 0.2) is 0 Å². The summed E-state index contributed by atoms with van der Waals surface area (Å²) in [6.07, 6.45) is 1.78. The molecule has 1 aromatic rings. The van der Waals surface area contributed by atoms with Gasteiger partial charge in [-0.2, -0.15) is 5.26 Å². The Morgan fingerprint density at radius 2 is 2.13 bits per heavy atom. The molecule has 3 nitrogen and oxygen atoms in total. The van der Waals surface area contributed by atoms with Crippen molar-refractivity contribution in [1.29, 1.82) is 5.26 Å². The van der Waals surface area contributed by atoms with Crippen LogP contribution in [0.2, 0.25) is 0 Å². The third-order valence-corrected chi connectivity index (χ3v) is 1.87. The molecule has 0 heterocycles. The van der Waals surface area contributed by atoms with Crippen LogP contribution in [0, 0.1) is 11.3 Å². The second kappa shape index (κ2) is 5.61. The molecule has 0 aliphatic heterocycles. The Bertz CT molecular complexity index is 401. The van der Waals surface area contributed by atoms with Crippen LogP contribution in [0.1, 0.15) is 12.5 Å². The van der Waals surface area contributed by atoms with E-state index in [1.54, 1.807) is 13.0 Å². The van der Waals surface area contributed by atoms with E-state index >= 15 is 0 Å². The van der Waals surface area contributed by atoms with Gasteiger partial charge >= 0.3 is 0 Å². The smallest absolute Gasteiger partial charge is 0.247 e. The molecule has 15 heavy (non-hydrogen) atoms. The molecular weight excluding hydrogens is 188 g/mol. The number of nitrogens with one attached hydrogen (secondary N) is 1. The van der Waals surface area contributed by atoms with E-state index in [1.807, 2.05) is 36.4 Å². The number of nitrogens with zero attached hydrogens (tertiary/aromatic N) is 1. The molecule has 0 aromatic heterocycles. The minimum Gasteiger partial charge on any atom is -0.339 e. The van der Waals surface area contributed by atoms with Crippen LogP contribution in [0.15, 0.2) is 35.9 Å². The number of benzene rings is 1. The zero-order valence-electron chi connectivity index (χ0n) is 8.53. The quantitative estimate of drug-likeness (QED) is 0.596. The first-order chi connectivity index (χ1) is 7.24. The first-order valence-corrected chi connectivity index (χ1v) is 4.62. The highest BCUT2D eigenvalue weighted by atomic mass is 16.1. The van der Waals surface area contributed by atoms with Crippen molar-refractivity contribution in [2.45, 2.75) is 6.92 Å². The molecule has 1 aromatic carbocycles. The van der Waals surface area contributed by atoms with Crippen LogP contribution in [0.5, 0.6) is 0 Å². The maximum atomic E-state index is 11.4. The summed E-state index contributed by atoms with van der Waals surface area (Å²) in [5.41, 5.74) is 1.57. The van der Waals surface area contributed by atoms with E-state index in [1.165, 1.54) is 0 Å². The molecule has 3 heteroatoms. The lowest BCUT2D eigenvalue weighted by Gasteiger charge is -2.00. The van der Waals surface area contributed by atoms with Gasteiger partial charge in [0.2, 0.25) is 5.91 Å². The monoisotopic (exact) mass is 200 g/mol. The highest BCUT2D eigenvalue weighted by Gasteiger charge is 2.01. The third-order valence-electron chi connectivity index (χ3n) is 1.87. The summed E-state index contributed by atoms with van der Waals surface area (Å²) in [4.78, 5) is 11.4. The number of carbonyl (C=O) groups is 1. The lowest BCUT2D eigenvalue weighted by atomic mass is 10.1. The number of hydrogen-bond donors (Lipinski definition) is 1. The van der Waals surface area contributed by atoms with E-state index in [4.69, 9.17) is 5.26 Å². The molecule has 0 saturated carbocycles. The molecule has 1 rings (SSSR count). The fourth-order valence-electron chi connectivity index (χ4n) is 1.12. The molecule has 0 spiro atoms. The van der Waals surface area contributed by atoms with Crippen LogP contribution in [0.25, 0.3) is 6.08 Å². The van der Waals surface area contributed by atoms with Gasteiger partial charge in [0.05, 0.1) is 6.07 Å². The molecule has 0 radical (unpaired) electrons. The number of nitriles is 1. The average Bonchev–Trinajstić information content (AvgIpc) is 2.27. The normalized spacial score (nSPS) is 10.5. The summed E-state index contributed by atoms with van der Waals surface area (Å²) in [7, 11) is 0. The second-order valence-corrected chi connectivity index (χ2v) is 3.08. The van der Waals surface area contributed by atoms with Gasteiger partial charge in [-0.1, -0.05) is 30.3 Å². The van der Waals surface area contributed by atoms with Crippen molar-refractivity contribution < 1.29 is 4.79 Å². The standard InChI is InChI=1S/C12H12N2O/c1-10(12(15)14-8-7-13)9-11-5-3-2-4-6-11/h2-6,9H,8H2,1H3,(H,14,15). The highest BCUT2D eigenvalue weighted by Crippen LogP contribution is 2.05. The van der Waals surface area contributed by atoms with Crippen LogP contribution >= 0.6 is 0 Å². The van der Waals surface area contributed by atoms with Crippen molar-refractivity contribution in [3.63, 3.8) is 0 Å². The molecule has 0 bridgehead atoms. The minimum absolute atomic E-state index is 0.0405. The number of amides is 1. The molecule has 0 unspecified atom stereocenters. The van der Waals surface area contributed by atoms with Crippen LogP contribution in [-0.2, 0) is 4.79 Å². The van der Waals surface area contributed by atoms with E-state index < -0.39 is 0 Å². The summed E-state index contributed by atoms with van der Waals surface area (Å²) in [6.45, 7) is 1.76. The van der Waals surface area contributed by atoms with Gasteiger partial charge in [-0.05, 0) is 18.6 Å². The fraction of sp³-hybridized carbons (Fsp3) is 0.167. The van der Waals surface area contributed by atoms with Gasteiger partial charge in [0, 0.05) is 5.57 Å². The zero-order valence-corrected chi connectivity index (χ0v) is 8.53. The van der Waals surface area contributed by atoms with Crippen LogP contribution < -0.4 is 5.32 Å². The lowest BCUT2D eigenvalue weighted by Crippen LogP contribution is -2.23. The third kappa shape index (κ3) is 3.65. The molecule has 0 atom stereocenters. The van der Waals surface area contributed by atoms with Crippen LogP contribution in [0.4, 0.5) is 0 Å². The number of rotatable bonds is 3. The molecule has 76 valence electrons. The molecule has 1 N–H and O–H groups in total. The van der Waals surface area contributed by atoms with Crippen molar-refractivity contribution in [2.75, 3.05) is 6.54 Å². The first-order valence-electron chi connectivity index (χ1n) is 4.62. The Morgan fingerprint density at radius 1 is 1.47 bits per heavy atom. The summed E-state index contributed by atoms with van der Waals surface area (Å²) >= 11 is 0. The molecular formula is C12H12N2O. The average molecular weight is 200 g/mol. The molecule has 0 aliphatic carbocycles. The van der Waals surface area contributed by atoms with Gasteiger partial charge in [-0.15, -0.1) is 0 Å². The minimum atomic E-state index is -0.208. The molecule has 1 amide bonds. The Kier molecular flexibility index (Phi) is 4.11. The van der Waals surface area contributed by atoms with Crippen molar-refractivity contribution >= 4 is 12.0 Å². The van der Waals surface area contributed by atoms with Crippen molar-refractivity contribution in [3.05, 3.63) is 41.5 Å². The van der Waals surface area contributed by atoms with Crippen molar-refractivity contribution in [2.24, 2.45) is 0 Å². The Labute approximate surface area is 89.0 Å². The Hall–Kier alpha value is -2.08. The second-order valence-electron chi connectivity index (χ2n) is 3.08. The van der Waals surface area contributed by atoms with Gasteiger partial charge in [0.1, 0.15) is 6.54 Å². The summed E-state index contributed by atoms with van der Waals surface area (Å²) < 4.78 is 0. The Balaban J connectivity index is 2.68. The summed E-state index contributed by atoms with van der Waals surface area (Å²) in [5.74, 6) is -0.208. The molecule has 0 aliphatic rings. The lowest BCUT2D eigenvalue weighted by molar-refractivity contribution is -0.117. The van der Waals surface area contributed by atoms with Gasteiger partial charge in [0.25, 0.3) is 0 Å². The predicted molar refractivity (Wildman–Crippen MR) is 58.7 cm³/mol. The number of carbonyl (C=O) groups excluding carboxylic acids is 1. The molecule has 0 fully saturated rings. The van der Waals surface area contributed by atoms with Crippen molar-refractivity contribution in [1.82, 2.24) is 5.32 Å². The molecule has 0 saturated heterocycles. The fourth-order valence-corrected chi connectivity index (χ4v) is 1.12. The predicted octanol–water partition coefficient (Wildman–Crippen LogP) is 1.73. The van der Waals surface area contributed by atoms with E-state index in [0.29, 0.717) is 5.57 Å². The first kappa shape index (κ1) is 11.0. The van der Waals surface area contributed by atoms with Crippen LogP contribution in [-0.4, -0.2) is 12.5 Å². The van der Waals surface area contributed by atoms with Crippen molar-refractivity contribution in [3.8, 4) is 6.07 Å². The van der Waals surface area contributed by atoms with Gasteiger partial charge < -0.3 is 5.32 Å². The maximum Gasteiger partial charge on any atom is 0.247 e. The highest BCUT2D eigenvalue weighted by molar-refractivity contribution is 5.97. The van der Waals surface area contributed by atoms with Crippen LogP contribution in [0.3, 0.4) is 0 Å².